The lowest BCUT2D eigenvalue weighted by Gasteiger charge is -2.14. The predicted octanol–water partition coefficient (Wildman–Crippen LogP) is 1.55. The van der Waals surface area contributed by atoms with Crippen LogP contribution >= 0.6 is 12.4 Å². The van der Waals surface area contributed by atoms with Crippen LogP contribution < -0.4 is 25.8 Å². The summed E-state index contributed by atoms with van der Waals surface area (Å²) < 4.78 is 10.3. The molecule has 0 aliphatic rings. The zero-order valence-electron chi connectivity index (χ0n) is 14.4. The topological polar surface area (TPSA) is 103 Å². The van der Waals surface area contributed by atoms with Crippen LogP contribution in [0.4, 0.5) is 5.69 Å². The van der Waals surface area contributed by atoms with Gasteiger partial charge in [-0.15, -0.1) is 12.4 Å². The van der Waals surface area contributed by atoms with Crippen LogP contribution in [0.5, 0.6) is 11.5 Å². The molecule has 0 aromatic heterocycles. The van der Waals surface area contributed by atoms with Gasteiger partial charge in [0.1, 0.15) is 11.5 Å². The maximum atomic E-state index is 11.9. The van der Waals surface area contributed by atoms with Gasteiger partial charge in [-0.05, 0) is 12.3 Å². The smallest absolute Gasteiger partial charge is 0.243 e. The van der Waals surface area contributed by atoms with E-state index in [2.05, 4.69) is 10.6 Å². The number of halogens is 1. The van der Waals surface area contributed by atoms with Gasteiger partial charge < -0.3 is 25.8 Å². The van der Waals surface area contributed by atoms with Gasteiger partial charge >= 0.3 is 0 Å². The molecule has 0 heterocycles. The molecule has 7 nitrogen and oxygen atoms in total. The summed E-state index contributed by atoms with van der Waals surface area (Å²) >= 11 is 0. The minimum Gasteiger partial charge on any atom is -0.497 e. The number of ether oxygens (including phenoxy) is 2. The number of carbonyl (C=O) groups excluding carboxylic acids is 2. The van der Waals surface area contributed by atoms with Crippen LogP contribution in [0.15, 0.2) is 18.2 Å². The number of amides is 2. The maximum absolute atomic E-state index is 11.9. The molecule has 0 radical (unpaired) electrons. The van der Waals surface area contributed by atoms with Crippen LogP contribution in [-0.2, 0) is 9.59 Å². The number of hydrogen-bond donors (Lipinski definition) is 3. The highest BCUT2D eigenvalue weighted by molar-refractivity contribution is 5.95. The average molecular weight is 360 g/mol. The number of methoxy groups -OCH3 is 2. The lowest BCUT2D eigenvalue weighted by atomic mass is 10.0. The number of hydrogen-bond acceptors (Lipinski definition) is 5. The van der Waals surface area contributed by atoms with Gasteiger partial charge in [0.15, 0.2) is 0 Å². The molecule has 0 aliphatic carbocycles. The zero-order valence-corrected chi connectivity index (χ0v) is 15.2. The summed E-state index contributed by atoms with van der Waals surface area (Å²) in [5.41, 5.74) is 6.28. The molecule has 1 rings (SSSR count). The van der Waals surface area contributed by atoms with E-state index in [0.29, 0.717) is 29.5 Å². The molecule has 1 atom stereocenters. The molecule has 136 valence electrons. The zero-order chi connectivity index (χ0) is 17.4. The minimum atomic E-state index is -0.611. The molecule has 0 fully saturated rings. The fourth-order valence-electron chi connectivity index (χ4n) is 2.00. The van der Waals surface area contributed by atoms with E-state index >= 15 is 0 Å². The summed E-state index contributed by atoms with van der Waals surface area (Å²) in [6, 6.07) is 4.40. The molecule has 1 aromatic carbocycles. The third kappa shape index (κ3) is 7.52. The molecule has 0 bridgehead atoms. The fourth-order valence-corrected chi connectivity index (χ4v) is 2.00. The van der Waals surface area contributed by atoms with Crippen molar-refractivity contribution in [2.75, 3.05) is 26.1 Å². The van der Waals surface area contributed by atoms with Crippen molar-refractivity contribution in [2.24, 2.45) is 11.7 Å². The standard InChI is InChI=1S/C16H25N3O4.ClH/c1-10(2)5-14(17)16(21)18-9-15(20)19-11-6-12(22-3)8-13(7-11)23-4;/h6-8,10,14H,5,9,17H2,1-4H3,(H,18,21)(H,19,20);1H/t14-;/m0./s1. The molecule has 0 unspecified atom stereocenters. The lowest BCUT2D eigenvalue weighted by molar-refractivity contribution is -0.125. The Kier molecular flexibility index (Phi) is 9.83. The van der Waals surface area contributed by atoms with Crippen LogP contribution in [0.3, 0.4) is 0 Å². The quantitative estimate of drug-likeness (QED) is 0.653. The van der Waals surface area contributed by atoms with E-state index in [1.54, 1.807) is 18.2 Å². The van der Waals surface area contributed by atoms with Crippen molar-refractivity contribution in [1.29, 1.82) is 0 Å². The molecular formula is C16H26ClN3O4. The normalized spacial score (nSPS) is 11.2. The summed E-state index contributed by atoms with van der Waals surface area (Å²) in [5.74, 6) is 0.738. The van der Waals surface area contributed by atoms with E-state index in [9.17, 15) is 9.59 Å². The molecule has 8 heteroatoms. The summed E-state index contributed by atoms with van der Waals surface area (Å²) in [5, 5.41) is 5.20. The van der Waals surface area contributed by atoms with Crippen molar-refractivity contribution in [3.05, 3.63) is 18.2 Å². The van der Waals surface area contributed by atoms with Gasteiger partial charge in [0, 0.05) is 23.9 Å². The molecule has 0 spiro atoms. The third-order valence-electron chi connectivity index (χ3n) is 3.12. The first-order valence-electron chi connectivity index (χ1n) is 7.42. The van der Waals surface area contributed by atoms with E-state index in [4.69, 9.17) is 15.2 Å². The van der Waals surface area contributed by atoms with Crippen molar-refractivity contribution in [3.63, 3.8) is 0 Å². The summed E-state index contributed by atoms with van der Waals surface area (Å²) in [7, 11) is 3.05. The molecule has 24 heavy (non-hydrogen) atoms. The van der Waals surface area contributed by atoms with Crippen molar-refractivity contribution in [3.8, 4) is 11.5 Å². The van der Waals surface area contributed by atoms with Gasteiger partial charge in [-0.25, -0.2) is 0 Å². The minimum absolute atomic E-state index is 0. The van der Waals surface area contributed by atoms with Gasteiger partial charge in [0.05, 0.1) is 26.8 Å². The fraction of sp³-hybridized carbons (Fsp3) is 0.500. The second kappa shape index (κ2) is 10.7. The molecule has 4 N–H and O–H groups in total. The molecule has 2 amide bonds. The Labute approximate surface area is 148 Å². The number of nitrogens with two attached hydrogens (primary N) is 1. The van der Waals surface area contributed by atoms with E-state index in [1.807, 2.05) is 13.8 Å². The Morgan fingerprint density at radius 3 is 2.12 bits per heavy atom. The van der Waals surface area contributed by atoms with Crippen molar-refractivity contribution < 1.29 is 19.1 Å². The highest BCUT2D eigenvalue weighted by Crippen LogP contribution is 2.25. The molecule has 0 aliphatic heterocycles. The molecule has 1 aromatic rings. The van der Waals surface area contributed by atoms with Gasteiger partial charge in [-0.1, -0.05) is 13.8 Å². The third-order valence-corrected chi connectivity index (χ3v) is 3.12. The van der Waals surface area contributed by atoms with Crippen LogP contribution in [0.1, 0.15) is 20.3 Å². The van der Waals surface area contributed by atoms with Crippen molar-refractivity contribution in [2.45, 2.75) is 26.3 Å². The maximum Gasteiger partial charge on any atom is 0.243 e. The van der Waals surface area contributed by atoms with E-state index in [0.717, 1.165) is 0 Å². The van der Waals surface area contributed by atoms with Crippen LogP contribution in [-0.4, -0.2) is 38.6 Å². The number of nitrogens with one attached hydrogen (secondary N) is 2. The summed E-state index contributed by atoms with van der Waals surface area (Å²) in [4.78, 5) is 23.7. The Bertz CT molecular complexity index is 530. The van der Waals surface area contributed by atoms with Crippen LogP contribution in [0, 0.1) is 5.92 Å². The first-order valence-corrected chi connectivity index (χ1v) is 7.42. The van der Waals surface area contributed by atoms with Crippen molar-refractivity contribution >= 4 is 29.9 Å². The van der Waals surface area contributed by atoms with E-state index in [-0.39, 0.29) is 30.8 Å². The SMILES string of the molecule is COc1cc(NC(=O)CNC(=O)[C@@H](N)CC(C)C)cc(OC)c1.Cl. The highest BCUT2D eigenvalue weighted by atomic mass is 35.5. The molecule has 0 saturated carbocycles. The number of carbonyl (C=O) groups is 2. The highest BCUT2D eigenvalue weighted by Gasteiger charge is 2.15. The summed E-state index contributed by atoms with van der Waals surface area (Å²) in [6.45, 7) is 3.82. The van der Waals surface area contributed by atoms with Crippen LogP contribution in [0.2, 0.25) is 0 Å². The molecular weight excluding hydrogens is 334 g/mol. The first-order chi connectivity index (χ1) is 10.8. The second-order valence-electron chi connectivity index (χ2n) is 5.60. The van der Waals surface area contributed by atoms with Gasteiger partial charge in [0.25, 0.3) is 0 Å². The average Bonchev–Trinajstić information content (AvgIpc) is 2.51. The van der Waals surface area contributed by atoms with Gasteiger partial charge in [-0.2, -0.15) is 0 Å². The Morgan fingerprint density at radius 1 is 1.12 bits per heavy atom. The lowest BCUT2D eigenvalue weighted by Crippen LogP contribution is -2.44. The van der Waals surface area contributed by atoms with E-state index < -0.39 is 6.04 Å². The Balaban J connectivity index is 0.00000529. The monoisotopic (exact) mass is 359 g/mol. The van der Waals surface area contributed by atoms with E-state index in [1.165, 1.54) is 14.2 Å². The van der Waals surface area contributed by atoms with Gasteiger partial charge in [0.2, 0.25) is 11.8 Å². The Hall–Kier alpha value is -1.99. The van der Waals surface area contributed by atoms with Gasteiger partial charge in [-0.3, -0.25) is 9.59 Å². The Morgan fingerprint density at radius 2 is 1.67 bits per heavy atom. The van der Waals surface area contributed by atoms with Crippen molar-refractivity contribution in [1.82, 2.24) is 5.32 Å². The number of anilines is 1. The number of benzene rings is 1. The number of rotatable bonds is 8. The second-order valence-corrected chi connectivity index (χ2v) is 5.60. The summed E-state index contributed by atoms with van der Waals surface area (Å²) in [6.07, 6.45) is 0.570. The molecule has 0 saturated heterocycles. The largest absolute Gasteiger partial charge is 0.497 e. The first kappa shape index (κ1) is 22.0. The predicted molar refractivity (Wildman–Crippen MR) is 95.9 cm³/mol. The van der Waals surface area contributed by atoms with Crippen LogP contribution in [0.25, 0.3) is 0 Å².